The zero-order valence-corrected chi connectivity index (χ0v) is 13.3. The summed E-state index contributed by atoms with van der Waals surface area (Å²) in [4.78, 5) is 32.5. The second-order valence-electron chi connectivity index (χ2n) is 4.73. The Kier molecular flexibility index (Phi) is 6.68. The van der Waals surface area contributed by atoms with Crippen molar-refractivity contribution in [2.24, 2.45) is 0 Å². The summed E-state index contributed by atoms with van der Waals surface area (Å²) in [7, 11) is 1.33. The number of carbonyl (C=O) groups excluding carboxylic acids is 3. The molecule has 23 heavy (non-hydrogen) atoms. The first-order valence-electron chi connectivity index (χ1n) is 6.81. The van der Waals surface area contributed by atoms with E-state index >= 15 is 0 Å². The molecule has 1 aliphatic heterocycles. The van der Waals surface area contributed by atoms with Gasteiger partial charge in [-0.25, -0.2) is 14.4 Å². The molecule has 0 atom stereocenters. The fourth-order valence-corrected chi connectivity index (χ4v) is 1.59. The predicted molar refractivity (Wildman–Crippen MR) is 86.1 cm³/mol. The zero-order valence-electron chi connectivity index (χ0n) is 13.3. The average molecular weight is 314 g/mol. The van der Waals surface area contributed by atoms with Crippen molar-refractivity contribution < 1.29 is 23.9 Å². The topological polar surface area (TPSA) is 69.7 Å². The summed E-state index contributed by atoms with van der Waals surface area (Å²) >= 11 is 0. The second-order valence-corrected chi connectivity index (χ2v) is 4.73. The van der Waals surface area contributed by atoms with Crippen LogP contribution < -0.4 is 0 Å². The maximum atomic E-state index is 11.3. The Morgan fingerprint density at radius 2 is 1.74 bits per heavy atom. The van der Waals surface area contributed by atoms with Crippen molar-refractivity contribution in [2.75, 3.05) is 7.11 Å². The van der Waals surface area contributed by atoms with Gasteiger partial charge in [0.2, 0.25) is 0 Å². The molecule has 0 radical (unpaired) electrons. The number of ether oxygens (including phenoxy) is 2. The highest BCUT2D eigenvalue weighted by Crippen LogP contribution is 2.18. The van der Waals surface area contributed by atoms with E-state index in [1.165, 1.54) is 7.11 Å². The van der Waals surface area contributed by atoms with E-state index in [4.69, 9.17) is 0 Å². The highest BCUT2D eigenvalue weighted by molar-refractivity contribution is 6.14. The van der Waals surface area contributed by atoms with E-state index in [1.54, 1.807) is 26.0 Å². The lowest BCUT2D eigenvalue weighted by Crippen LogP contribution is -2.00. The van der Waals surface area contributed by atoms with Crippen molar-refractivity contribution in [3.8, 4) is 0 Å². The number of rotatable bonds is 3. The van der Waals surface area contributed by atoms with Crippen LogP contribution in [0.15, 0.2) is 59.7 Å². The summed E-state index contributed by atoms with van der Waals surface area (Å²) in [5.41, 5.74) is 2.09. The Balaban J connectivity index is 0.000000322. The van der Waals surface area contributed by atoms with Crippen molar-refractivity contribution in [3.05, 3.63) is 65.3 Å². The first kappa shape index (κ1) is 18.1. The zero-order chi connectivity index (χ0) is 17.4. The van der Waals surface area contributed by atoms with Crippen molar-refractivity contribution in [3.63, 3.8) is 0 Å². The Morgan fingerprint density at radius 1 is 1.13 bits per heavy atom. The van der Waals surface area contributed by atoms with Gasteiger partial charge in [0.25, 0.3) is 0 Å². The quantitative estimate of drug-likeness (QED) is 0.487. The maximum Gasteiger partial charge on any atom is 0.346 e. The van der Waals surface area contributed by atoms with E-state index in [-0.39, 0.29) is 5.97 Å². The molecule has 0 N–H and O–H groups in total. The molecule has 0 aromatic heterocycles. The summed E-state index contributed by atoms with van der Waals surface area (Å²) < 4.78 is 8.74. The number of hydrogen-bond acceptors (Lipinski definition) is 5. The van der Waals surface area contributed by atoms with Crippen LogP contribution in [0.3, 0.4) is 0 Å². The Hall–Kier alpha value is -2.95. The van der Waals surface area contributed by atoms with Gasteiger partial charge in [0.15, 0.2) is 0 Å². The molecule has 0 amide bonds. The third-order valence-corrected chi connectivity index (χ3v) is 2.89. The normalized spacial score (nSPS) is 13.5. The van der Waals surface area contributed by atoms with Crippen LogP contribution >= 0.6 is 0 Å². The van der Waals surface area contributed by atoms with Gasteiger partial charge in [0, 0.05) is 11.1 Å². The lowest BCUT2D eigenvalue weighted by atomic mass is 10.1. The van der Waals surface area contributed by atoms with Crippen LogP contribution in [0.1, 0.15) is 19.4 Å². The van der Waals surface area contributed by atoms with E-state index in [2.05, 4.69) is 16.1 Å². The molecule has 0 aliphatic carbocycles. The van der Waals surface area contributed by atoms with Gasteiger partial charge in [-0.1, -0.05) is 43.0 Å². The Labute approximate surface area is 134 Å². The first-order valence-corrected chi connectivity index (χ1v) is 6.81. The molecule has 2 rings (SSSR count). The standard InChI is InChI=1S/C13H10O3.C5H8O2/c1-9-11(13(15)16-12(9)14)8-7-10-5-3-2-4-6-10;1-4(2)5(6)7-3/h2-8H,1H3;1H2,2-3H3. The summed E-state index contributed by atoms with van der Waals surface area (Å²) in [5.74, 6) is -1.48. The molecule has 1 aromatic rings. The smallest absolute Gasteiger partial charge is 0.346 e. The van der Waals surface area contributed by atoms with E-state index in [1.807, 2.05) is 30.3 Å². The van der Waals surface area contributed by atoms with Gasteiger partial charge in [-0.2, -0.15) is 0 Å². The molecule has 0 saturated carbocycles. The molecule has 1 aromatic carbocycles. The minimum Gasteiger partial charge on any atom is -0.466 e. The summed E-state index contributed by atoms with van der Waals surface area (Å²) in [5, 5.41) is 0. The highest BCUT2D eigenvalue weighted by Gasteiger charge is 2.27. The lowest BCUT2D eigenvalue weighted by Gasteiger charge is -1.92. The minimum atomic E-state index is -0.574. The summed E-state index contributed by atoms with van der Waals surface area (Å²) in [6, 6.07) is 9.54. The molecular formula is C18H18O5. The van der Waals surface area contributed by atoms with Crippen LogP contribution in [-0.4, -0.2) is 25.0 Å². The lowest BCUT2D eigenvalue weighted by molar-refractivity contribution is -0.151. The molecule has 0 saturated heterocycles. The number of benzene rings is 1. The second kappa shape index (κ2) is 8.48. The van der Waals surface area contributed by atoms with Crippen molar-refractivity contribution >= 4 is 24.0 Å². The molecule has 0 bridgehead atoms. The van der Waals surface area contributed by atoms with Gasteiger partial charge >= 0.3 is 17.9 Å². The van der Waals surface area contributed by atoms with Crippen LogP contribution in [0.4, 0.5) is 0 Å². The van der Waals surface area contributed by atoms with Gasteiger partial charge in [-0.15, -0.1) is 0 Å². The molecule has 120 valence electrons. The van der Waals surface area contributed by atoms with E-state index in [9.17, 15) is 14.4 Å². The molecular weight excluding hydrogens is 296 g/mol. The third-order valence-electron chi connectivity index (χ3n) is 2.89. The fourth-order valence-electron chi connectivity index (χ4n) is 1.59. The molecule has 5 heteroatoms. The number of hydrogen-bond donors (Lipinski definition) is 0. The molecule has 1 aliphatic rings. The first-order chi connectivity index (χ1) is 10.9. The van der Waals surface area contributed by atoms with Crippen molar-refractivity contribution in [1.82, 2.24) is 0 Å². The SMILES string of the molecule is C=C(C)C(=O)OC.CC1=C(C=Cc2ccccc2)C(=O)OC1=O. The van der Waals surface area contributed by atoms with Gasteiger partial charge < -0.3 is 9.47 Å². The van der Waals surface area contributed by atoms with Gasteiger partial charge in [0.05, 0.1) is 12.7 Å². The monoisotopic (exact) mass is 314 g/mol. The van der Waals surface area contributed by atoms with Crippen molar-refractivity contribution in [2.45, 2.75) is 13.8 Å². The number of methoxy groups -OCH3 is 1. The largest absolute Gasteiger partial charge is 0.466 e. The predicted octanol–water partition coefficient (Wildman–Crippen LogP) is 2.84. The third kappa shape index (κ3) is 5.39. The van der Waals surface area contributed by atoms with Crippen molar-refractivity contribution in [1.29, 1.82) is 0 Å². The fraction of sp³-hybridized carbons (Fsp3) is 0.167. The van der Waals surface area contributed by atoms with Crippen LogP contribution in [0.25, 0.3) is 6.08 Å². The Bertz CT molecular complexity index is 681. The molecule has 1 heterocycles. The van der Waals surface area contributed by atoms with Gasteiger partial charge in [0.1, 0.15) is 0 Å². The van der Waals surface area contributed by atoms with Crippen LogP contribution in [0.5, 0.6) is 0 Å². The summed E-state index contributed by atoms with van der Waals surface area (Å²) in [6.07, 6.45) is 3.39. The number of cyclic esters (lactones) is 2. The highest BCUT2D eigenvalue weighted by atomic mass is 16.6. The minimum absolute atomic E-state index is 0.328. The van der Waals surface area contributed by atoms with Crippen LogP contribution in [0, 0.1) is 0 Å². The number of carbonyl (C=O) groups is 3. The average Bonchev–Trinajstić information content (AvgIpc) is 2.78. The Morgan fingerprint density at radius 3 is 2.13 bits per heavy atom. The maximum absolute atomic E-state index is 11.3. The summed E-state index contributed by atoms with van der Waals surface area (Å²) in [6.45, 7) is 6.54. The molecule has 5 nitrogen and oxygen atoms in total. The van der Waals surface area contributed by atoms with Gasteiger partial charge in [-0.05, 0) is 25.5 Å². The van der Waals surface area contributed by atoms with Gasteiger partial charge in [-0.3, -0.25) is 0 Å². The number of esters is 3. The van der Waals surface area contributed by atoms with E-state index < -0.39 is 11.9 Å². The van der Waals surface area contributed by atoms with Crippen LogP contribution in [0.2, 0.25) is 0 Å². The van der Waals surface area contributed by atoms with Crippen LogP contribution in [-0.2, 0) is 23.9 Å². The molecule has 0 unspecified atom stereocenters. The van der Waals surface area contributed by atoms with E-state index in [0.717, 1.165) is 5.56 Å². The molecule has 0 fully saturated rings. The van der Waals surface area contributed by atoms with E-state index in [0.29, 0.717) is 16.7 Å². The molecule has 0 spiro atoms.